The van der Waals surface area contributed by atoms with Crippen LogP contribution in [-0.4, -0.2) is 43.9 Å². The number of nitrogens with zero attached hydrogens (tertiary/aromatic N) is 5. The Labute approximate surface area is 133 Å². The summed E-state index contributed by atoms with van der Waals surface area (Å²) in [4.78, 5) is 7.03. The highest BCUT2D eigenvalue weighted by Crippen LogP contribution is 2.27. The molecular weight excluding hydrogens is 274 g/mol. The van der Waals surface area contributed by atoms with Gasteiger partial charge in [0, 0.05) is 31.4 Å². The van der Waals surface area contributed by atoms with Crippen molar-refractivity contribution in [3.63, 3.8) is 0 Å². The van der Waals surface area contributed by atoms with Crippen molar-refractivity contribution < 1.29 is 0 Å². The van der Waals surface area contributed by atoms with Gasteiger partial charge in [-0.1, -0.05) is 13.3 Å². The van der Waals surface area contributed by atoms with Gasteiger partial charge in [-0.25, -0.2) is 4.98 Å². The fraction of sp³-hybridized carbons (Fsp3) is 0.647. The monoisotopic (exact) mass is 301 g/mol. The van der Waals surface area contributed by atoms with Crippen LogP contribution in [0.2, 0.25) is 0 Å². The zero-order valence-electron chi connectivity index (χ0n) is 14.0. The van der Waals surface area contributed by atoms with Crippen molar-refractivity contribution in [3.8, 4) is 11.3 Å². The summed E-state index contributed by atoms with van der Waals surface area (Å²) in [5.74, 6) is 0. The van der Waals surface area contributed by atoms with Crippen molar-refractivity contribution in [2.24, 2.45) is 7.05 Å². The molecule has 5 heteroatoms. The van der Waals surface area contributed by atoms with E-state index in [1.807, 2.05) is 24.3 Å². The lowest BCUT2D eigenvalue weighted by molar-refractivity contribution is 0.194. The first-order chi connectivity index (χ1) is 10.7. The van der Waals surface area contributed by atoms with Gasteiger partial charge in [-0.3, -0.25) is 4.68 Å². The Balaban J connectivity index is 1.83. The second-order valence-electron chi connectivity index (χ2n) is 6.41. The number of rotatable bonds is 5. The van der Waals surface area contributed by atoms with Crippen LogP contribution in [0.3, 0.4) is 0 Å². The van der Waals surface area contributed by atoms with Gasteiger partial charge in [0.2, 0.25) is 0 Å². The fourth-order valence-electron chi connectivity index (χ4n) is 3.51. The Morgan fingerprint density at radius 1 is 1.23 bits per heavy atom. The summed E-state index contributed by atoms with van der Waals surface area (Å²) in [6.07, 6.45) is 11.3. The molecule has 0 aliphatic carbocycles. The molecule has 1 aliphatic heterocycles. The normalized spacial score (nSPS) is 17.8. The first-order valence-corrected chi connectivity index (χ1v) is 8.44. The molecule has 1 fully saturated rings. The highest BCUT2D eigenvalue weighted by atomic mass is 15.3. The molecule has 3 heterocycles. The molecule has 2 aromatic heterocycles. The van der Waals surface area contributed by atoms with Gasteiger partial charge in [0.25, 0.3) is 0 Å². The number of imidazole rings is 1. The van der Waals surface area contributed by atoms with Crippen LogP contribution in [0, 0.1) is 6.92 Å². The number of hydrogen-bond acceptors (Lipinski definition) is 3. The molecule has 5 nitrogen and oxygen atoms in total. The third-order valence-corrected chi connectivity index (χ3v) is 4.74. The lowest BCUT2D eigenvalue weighted by Crippen LogP contribution is -2.35. The maximum absolute atomic E-state index is 4.47. The molecule has 2 aromatic rings. The third-order valence-electron chi connectivity index (χ3n) is 4.74. The van der Waals surface area contributed by atoms with Crippen molar-refractivity contribution in [1.29, 1.82) is 0 Å². The summed E-state index contributed by atoms with van der Waals surface area (Å²) >= 11 is 0. The first kappa shape index (κ1) is 15.3. The predicted octanol–water partition coefficient (Wildman–Crippen LogP) is 3.03. The number of hydrogen-bond donors (Lipinski definition) is 0. The molecule has 0 amide bonds. The Hall–Kier alpha value is -1.62. The van der Waals surface area contributed by atoms with Gasteiger partial charge in [0.05, 0.1) is 23.9 Å². The number of piperidine rings is 1. The minimum absolute atomic E-state index is 0.482. The second kappa shape index (κ2) is 6.65. The molecule has 3 rings (SSSR count). The van der Waals surface area contributed by atoms with Crippen LogP contribution in [0.4, 0.5) is 0 Å². The highest BCUT2D eigenvalue weighted by molar-refractivity contribution is 5.60. The molecule has 0 unspecified atom stereocenters. The van der Waals surface area contributed by atoms with Crippen molar-refractivity contribution in [3.05, 3.63) is 24.4 Å². The third kappa shape index (κ3) is 3.09. The smallest absolute Gasteiger partial charge is 0.0954 e. The summed E-state index contributed by atoms with van der Waals surface area (Å²) < 4.78 is 4.23. The molecule has 22 heavy (non-hydrogen) atoms. The van der Waals surface area contributed by atoms with E-state index < -0.39 is 0 Å². The Kier molecular flexibility index (Phi) is 4.62. The molecule has 0 radical (unpaired) electrons. The zero-order valence-corrected chi connectivity index (χ0v) is 14.0. The number of likely N-dealkylation sites (tertiary alicyclic amines) is 1. The lowest BCUT2D eigenvalue weighted by Gasteiger charge is -2.31. The summed E-state index contributed by atoms with van der Waals surface area (Å²) in [5.41, 5.74) is 3.45. The summed E-state index contributed by atoms with van der Waals surface area (Å²) in [5, 5.41) is 4.47. The van der Waals surface area contributed by atoms with Crippen LogP contribution in [-0.2, 0) is 7.05 Å². The van der Waals surface area contributed by atoms with Crippen molar-refractivity contribution in [2.75, 3.05) is 19.6 Å². The fourth-order valence-corrected chi connectivity index (χ4v) is 3.51. The van der Waals surface area contributed by atoms with Crippen LogP contribution in [0.15, 0.2) is 18.7 Å². The van der Waals surface area contributed by atoms with Crippen LogP contribution in [0.1, 0.15) is 44.3 Å². The van der Waals surface area contributed by atoms with E-state index in [-0.39, 0.29) is 0 Å². The summed E-state index contributed by atoms with van der Waals surface area (Å²) in [6.45, 7) is 7.95. The Morgan fingerprint density at radius 3 is 2.64 bits per heavy atom. The Morgan fingerprint density at radius 2 is 2.00 bits per heavy atom. The van der Waals surface area contributed by atoms with E-state index in [0.29, 0.717) is 6.04 Å². The van der Waals surface area contributed by atoms with Gasteiger partial charge in [-0.15, -0.1) is 0 Å². The van der Waals surface area contributed by atoms with Crippen LogP contribution in [0.5, 0.6) is 0 Å². The second-order valence-corrected chi connectivity index (χ2v) is 6.41. The van der Waals surface area contributed by atoms with Crippen molar-refractivity contribution in [1.82, 2.24) is 24.2 Å². The molecule has 0 bridgehead atoms. The molecule has 1 atom stereocenters. The average molecular weight is 301 g/mol. The van der Waals surface area contributed by atoms with Crippen LogP contribution < -0.4 is 0 Å². The maximum atomic E-state index is 4.47. The quantitative estimate of drug-likeness (QED) is 0.852. The maximum Gasteiger partial charge on any atom is 0.0954 e. The van der Waals surface area contributed by atoms with E-state index in [2.05, 4.69) is 39.6 Å². The van der Waals surface area contributed by atoms with Crippen LogP contribution in [0.25, 0.3) is 11.3 Å². The van der Waals surface area contributed by atoms with Gasteiger partial charge >= 0.3 is 0 Å². The van der Waals surface area contributed by atoms with Crippen molar-refractivity contribution in [2.45, 2.75) is 45.6 Å². The van der Waals surface area contributed by atoms with Gasteiger partial charge in [0.1, 0.15) is 0 Å². The largest absolute Gasteiger partial charge is 0.326 e. The van der Waals surface area contributed by atoms with E-state index >= 15 is 0 Å². The number of aryl methyl sites for hydroxylation is 2. The lowest BCUT2D eigenvalue weighted by atomic mass is 10.1. The standard InChI is InChI=1S/C17H27N5/c1-4-15(11-21-8-6-5-7-9-21)22-13-18-10-17(22)16-12-20(3)19-14(16)2/h10,12-13,15H,4-9,11H2,1-3H3/t15-/m1/s1. The zero-order chi connectivity index (χ0) is 15.5. The van der Waals surface area contributed by atoms with Gasteiger partial charge in [-0.2, -0.15) is 5.10 Å². The highest BCUT2D eigenvalue weighted by Gasteiger charge is 2.20. The topological polar surface area (TPSA) is 38.9 Å². The SMILES string of the molecule is CC[C@H](CN1CCCCC1)n1cncc1-c1cn(C)nc1C. The minimum Gasteiger partial charge on any atom is -0.326 e. The molecule has 0 saturated carbocycles. The molecule has 0 spiro atoms. The molecule has 1 saturated heterocycles. The predicted molar refractivity (Wildman–Crippen MR) is 88.8 cm³/mol. The minimum atomic E-state index is 0.482. The van der Waals surface area contributed by atoms with Gasteiger partial charge in [0.15, 0.2) is 0 Å². The van der Waals surface area contributed by atoms with E-state index in [9.17, 15) is 0 Å². The van der Waals surface area contributed by atoms with Crippen LogP contribution >= 0.6 is 0 Å². The molecule has 0 N–H and O–H groups in total. The molecule has 0 aromatic carbocycles. The van der Waals surface area contributed by atoms with E-state index in [0.717, 1.165) is 18.7 Å². The van der Waals surface area contributed by atoms with E-state index in [1.165, 1.54) is 43.6 Å². The van der Waals surface area contributed by atoms with Gasteiger partial charge in [-0.05, 0) is 39.3 Å². The number of aromatic nitrogens is 4. The van der Waals surface area contributed by atoms with Crippen molar-refractivity contribution >= 4 is 0 Å². The Bertz CT molecular complexity index is 606. The summed E-state index contributed by atoms with van der Waals surface area (Å²) in [7, 11) is 1.97. The van der Waals surface area contributed by atoms with E-state index in [4.69, 9.17) is 0 Å². The first-order valence-electron chi connectivity index (χ1n) is 8.44. The molecule has 120 valence electrons. The molecular formula is C17H27N5. The van der Waals surface area contributed by atoms with Gasteiger partial charge < -0.3 is 9.47 Å². The summed E-state index contributed by atoms with van der Waals surface area (Å²) in [6, 6.07) is 0.482. The average Bonchev–Trinajstić information content (AvgIpc) is 3.12. The molecule has 1 aliphatic rings. The van der Waals surface area contributed by atoms with E-state index in [1.54, 1.807) is 0 Å².